The molecule has 6 nitrogen and oxygen atoms in total. The van der Waals surface area contributed by atoms with E-state index in [1.165, 1.54) is 4.88 Å². The summed E-state index contributed by atoms with van der Waals surface area (Å²) in [6, 6.07) is 4.24. The maximum Gasteiger partial charge on any atom is 0.226 e. The molecule has 0 aliphatic heterocycles. The Morgan fingerprint density at radius 2 is 2.16 bits per heavy atom. The van der Waals surface area contributed by atoms with Crippen LogP contribution in [0.15, 0.2) is 27.0 Å². The summed E-state index contributed by atoms with van der Waals surface area (Å²) in [5.41, 5.74) is 0. The predicted octanol–water partition coefficient (Wildman–Crippen LogP) is 3.60. The standard InChI is InChI=1S/C17H27N5OS.HI/c1-4-18-17(20-11-9-14-7-6-12-24-14)19-10-5-8-15-21-16(13(2)3)22-23-15;/h6-7,12-13H,4-5,8-11H2,1-3H3,(H2,18,19,20);1H. The van der Waals surface area contributed by atoms with Gasteiger partial charge in [-0.3, -0.25) is 4.99 Å². The second-order valence-corrected chi connectivity index (χ2v) is 6.85. The first-order valence-corrected chi connectivity index (χ1v) is 9.44. The molecule has 0 aliphatic carbocycles. The number of aromatic nitrogens is 2. The van der Waals surface area contributed by atoms with E-state index < -0.39 is 0 Å². The quantitative estimate of drug-likeness (QED) is 0.250. The van der Waals surface area contributed by atoms with Gasteiger partial charge in [0.25, 0.3) is 0 Å². The van der Waals surface area contributed by atoms with Gasteiger partial charge in [-0.2, -0.15) is 4.98 Å². The van der Waals surface area contributed by atoms with Crippen molar-refractivity contribution in [1.29, 1.82) is 0 Å². The van der Waals surface area contributed by atoms with E-state index in [4.69, 9.17) is 4.52 Å². The molecule has 25 heavy (non-hydrogen) atoms. The van der Waals surface area contributed by atoms with Crippen LogP contribution < -0.4 is 10.6 Å². The number of aryl methyl sites for hydroxylation is 1. The third-order valence-electron chi connectivity index (χ3n) is 3.41. The molecule has 0 aromatic carbocycles. The SMILES string of the molecule is CCNC(=NCCCc1nc(C(C)C)no1)NCCc1cccs1.I. The van der Waals surface area contributed by atoms with Gasteiger partial charge in [-0.15, -0.1) is 35.3 Å². The van der Waals surface area contributed by atoms with E-state index in [1.54, 1.807) is 11.3 Å². The van der Waals surface area contributed by atoms with Gasteiger partial charge in [-0.05, 0) is 31.2 Å². The number of rotatable bonds is 9. The van der Waals surface area contributed by atoms with Crippen molar-refractivity contribution >= 4 is 41.3 Å². The monoisotopic (exact) mass is 477 g/mol. The highest BCUT2D eigenvalue weighted by Crippen LogP contribution is 2.10. The zero-order valence-electron chi connectivity index (χ0n) is 15.1. The van der Waals surface area contributed by atoms with Gasteiger partial charge in [-0.1, -0.05) is 25.1 Å². The van der Waals surface area contributed by atoms with Gasteiger partial charge < -0.3 is 15.2 Å². The molecule has 2 N–H and O–H groups in total. The molecule has 2 aromatic heterocycles. The largest absolute Gasteiger partial charge is 0.357 e. The Morgan fingerprint density at radius 3 is 2.80 bits per heavy atom. The zero-order chi connectivity index (χ0) is 17.2. The van der Waals surface area contributed by atoms with Crippen molar-refractivity contribution in [3.63, 3.8) is 0 Å². The molecule has 0 bridgehead atoms. The van der Waals surface area contributed by atoms with Crippen LogP contribution in [-0.4, -0.2) is 35.7 Å². The van der Waals surface area contributed by atoms with E-state index in [-0.39, 0.29) is 24.0 Å². The fourth-order valence-corrected chi connectivity index (χ4v) is 2.83. The Kier molecular flexibility index (Phi) is 10.7. The van der Waals surface area contributed by atoms with Crippen LogP contribution in [0.1, 0.15) is 49.7 Å². The number of hydrogen-bond acceptors (Lipinski definition) is 5. The third-order valence-corrected chi connectivity index (χ3v) is 4.34. The van der Waals surface area contributed by atoms with Crippen molar-refractivity contribution in [2.45, 2.75) is 46.0 Å². The molecule has 2 aromatic rings. The third kappa shape index (κ3) is 8.17. The number of nitrogens with one attached hydrogen (secondary N) is 2. The number of aliphatic imine (C=N–C) groups is 1. The van der Waals surface area contributed by atoms with Gasteiger partial charge in [0.05, 0.1) is 0 Å². The smallest absolute Gasteiger partial charge is 0.226 e. The highest BCUT2D eigenvalue weighted by molar-refractivity contribution is 14.0. The molecular formula is C17H28IN5OS. The fourth-order valence-electron chi connectivity index (χ4n) is 2.13. The molecule has 2 heterocycles. The van der Waals surface area contributed by atoms with Gasteiger partial charge in [-0.25, -0.2) is 0 Å². The van der Waals surface area contributed by atoms with Crippen LogP contribution in [0.3, 0.4) is 0 Å². The van der Waals surface area contributed by atoms with E-state index in [1.807, 2.05) is 0 Å². The molecule has 0 amide bonds. The number of halogens is 1. The molecule has 0 fully saturated rings. The van der Waals surface area contributed by atoms with E-state index in [0.29, 0.717) is 11.8 Å². The summed E-state index contributed by atoms with van der Waals surface area (Å²) < 4.78 is 5.25. The highest BCUT2D eigenvalue weighted by atomic mass is 127. The topological polar surface area (TPSA) is 75.3 Å². The maximum atomic E-state index is 5.25. The lowest BCUT2D eigenvalue weighted by Crippen LogP contribution is -2.38. The molecule has 0 atom stereocenters. The minimum absolute atomic E-state index is 0. The first-order valence-electron chi connectivity index (χ1n) is 8.56. The first-order chi connectivity index (χ1) is 11.7. The maximum absolute atomic E-state index is 5.25. The lowest BCUT2D eigenvalue weighted by Gasteiger charge is -2.10. The highest BCUT2D eigenvalue weighted by Gasteiger charge is 2.08. The van der Waals surface area contributed by atoms with Gasteiger partial charge >= 0.3 is 0 Å². The van der Waals surface area contributed by atoms with Gasteiger partial charge in [0.1, 0.15) is 0 Å². The Hall–Kier alpha value is -1.16. The average Bonchev–Trinajstić information content (AvgIpc) is 3.23. The lowest BCUT2D eigenvalue weighted by molar-refractivity contribution is 0.369. The summed E-state index contributed by atoms with van der Waals surface area (Å²) in [6.45, 7) is 8.66. The minimum atomic E-state index is 0. The summed E-state index contributed by atoms with van der Waals surface area (Å²) in [5.74, 6) is 2.64. The number of guanidine groups is 1. The summed E-state index contributed by atoms with van der Waals surface area (Å²) in [5, 5.41) is 12.7. The van der Waals surface area contributed by atoms with Crippen LogP contribution in [0.5, 0.6) is 0 Å². The zero-order valence-corrected chi connectivity index (χ0v) is 18.3. The first kappa shape index (κ1) is 21.9. The van der Waals surface area contributed by atoms with E-state index in [9.17, 15) is 0 Å². The molecule has 0 spiro atoms. The van der Waals surface area contributed by atoms with Gasteiger partial charge in [0.15, 0.2) is 11.8 Å². The summed E-state index contributed by atoms with van der Waals surface area (Å²) in [6.07, 6.45) is 2.67. The molecule has 140 valence electrons. The summed E-state index contributed by atoms with van der Waals surface area (Å²) in [7, 11) is 0. The average molecular weight is 477 g/mol. The van der Waals surface area contributed by atoms with Crippen molar-refractivity contribution in [3.05, 3.63) is 34.1 Å². The predicted molar refractivity (Wildman–Crippen MR) is 114 cm³/mol. The molecule has 2 rings (SSSR count). The summed E-state index contributed by atoms with van der Waals surface area (Å²) in [4.78, 5) is 10.4. The Labute approximate surface area is 170 Å². The van der Waals surface area contributed by atoms with E-state index in [0.717, 1.165) is 50.7 Å². The minimum Gasteiger partial charge on any atom is -0.357 e. The lowest BCUT2D eigenvalue weighted by atomic mass is 10.2. The van der Waals surface area contributed by atoms with Crippen LogP contribution in [0, 0.1) is 0 Å². The number of thiophene rings is 1. The van der Waals surface area contributed by atoms with Crippen molar-refractivity contribution in [1.82, 2.24) is 20.8 Å². The summed E-state index contributed by atoms with van der Waals surface area (Å²) >= 11 is 1.79. The van der Waals surface area contributed by atoms with Crippen LogP contribution in [-0.2, 0) is 12.8 Å². The van der Waals surface area contributed by atoms with Crippen LogP contribution >= 0.6 is 35.3 Å². The van der Waals surface area contributed by atoms with Gasteiger partial charge in [0.2, 0.25) is 5.89 Å². The normalized spacial score (nSPS) is 11.4. The van der Waals surface area contributed by atoms with Crippen molar-refractivity contribution in [2.75, 3.05) is 19.6 Å². The van der Waals surface area contributed by atoms with Crippen LogP contribution in [0.4, 0.5) is 0 Å². The molecule has 0 unspecified atom stereocenters. The molecule has 8 heteroatoms. The number of hydrogen-bond donors (Lipinski definition) is 2. The molecule has 0 saturated carbocycles. The van der Waals surface area contributed by atoms with Crippen LogP contribution in [0.2, 0.25) is 0 Å². The molecule has 0 saturated heterocycles. The molecule has 0 radical (unpaired) electrons. The van der Waals surface area contributed by atoms with Gasteiger partial charge in [0, 0.05) is 36.9 Å². The second-order valence-electron chi connectivity index (χ2n) is 5.82. The molecular weight excluding hydrogens is 449 g/mol. The van der Waals surface area contributed by atoms with Crippen molar-refractivity contribution in [2.24, 2.45) is 4.99 Å². The van der Waals surface area contributed by atoms with Crippen molar-refractivity contribution in [3.8, 4) is 0 Å². The number of nitrogens with zero attached hydrogens (tertiary/aromatic N) is 3. The Balaban J connectivity index is 0.00000312. The van der Waals surface area contributed by atoms with E-state index in [2.05, 4.69) is 64.1 Å². The fraction of sp³-hybridized carbons (Fsp3) is 0.588. The van der Waals surface area contributed by atoms with E-state index >= 15 is 0 Å². The Morgan fingerprint density at radius 1 is 1.32 bits per heavy atom. The Bertz CT molecular complexity index is 612. The van der Waals surface area contributed by atoms with Crippen molar-refractivity contribution < 1.29 is 4.52 Å². The molecule has 0 aliphatic rings. The van der Waals surface area contributed by atoms with Crippen LogP contribution in [0.25, 0.3) is 0 Å². The second kappa shape index (κ2) is 12.2.